The molecule has 1 N–H and O–H groups in total. The van der Waals surface area contributed by atoms with Crippen LogP contribution in [-0.4, -0.2) is 11.2 Å². The molecule has 1 heteroatoms. The molecule has 0 spiro atoms. The SMILES string of the molecule is CC(C)O.[CH2]CC. The summed E-state index contributed by atoms with van der Waals surface area (Å²) in [6.45, 7) is 8.94. The monoisotopic (exact) mass is 103 g/mol. The van der Waals surface area contributed by atoms with Crippen LogP contribution in [0.3, 0.4) is 0 Å². The number of hydrogen-bond donors (Lipinski definition) is 1. The van der Waals surface area contributed by atoms with Gasteiger partial charge in [-0.25, -0.2) is 0 Å². The van der Waals surface area contributed by atoms with E-state index < -0.39 is 0 Å². The maximum Gasteiger partial charge on any atom is 0.0483 e. The summed E-state index contributed by atoms with van der Waals surface area (Å²) >= 11 is 0. The average molecular weight is 103 g/mol. The second-order valence-electron chi connectivity index (χ2n) is 1.59. The summed E-state index contributed by atoms with van der Waals surface area (Å²) in [6.07, 6.45) is 0.833. The number of aliphatic hydroxyl groups is 1. The van der Waals surface area contributed by atoms with Crippen molar-refractivity contribution in [2.24, 2.45) is 0 Å². The van der Waals surface area contributed by atoms with Gasteiger partial charge in [-0.15, -0.1) is 0 Å². The maximum absolute atomic E-state index is 8.06. The quantitative estimate of drug-likeness (QED) is 0.494. The summed E-state index contributed by atoms with van der Waals surface area (Å²) in [4.78, 5) is 0. The van der Waals surface area contributed by atoms with Crippen LogP contribution < -0.4 is 0 Å². The van der Waals surface area contributed by atoms with E-state index in [2.05, 4.69) is 6.92 Å². The predicted molar refractivity (Wildman–Crippen MR) is 33.0 cm³/mol. The van der Waals surface area contributed by atoms with Crippen LogP contribution in [0.15, 0.2) is 0 Å². The third-order valence-electron chi connectivity index (χ3n) is 0. The van der Waals surface area contributed by atoms with Gasteiger partial charge in [-0.1, -0.05) is 20.3 Å². The Morgan fingerprint density at radius 1 is 1.57 bits per heavy atom. The Balaban J connectivity index is 0. The van der Waals surface area contributed by atoms with Crippen molar-refractivity contribution in [2.45, 2.75) is 33.3 Å². The van der Waals surface area contributed by atoms with E-state index in [-0.39, 0.29) is 6.10 Å². The molecule has 0 saturated heterocycles. The highest BCUT2D eigenvalue weighted by atomic mass is 16.3. The van der Waals surface area contributed by atoms with Crippen LogP contribution in [0, 0.1) is 6.92 Å². The second kappa shape index (κ2) is 9.35. The van der Waals surface area contributed by atoms with Crippen molar-refractivity contribution in [3.05, 3.63) is 6.92 Å². The second-order valence-corrected chi connectivity index (χ2v) is 1.59. The van der Waals surface area contributed by atoms with E-state index in [9.17, 15) is 0 Å². The topological polar surface area (TPSA) is 20.2 Å². The summed E-state index contributed by atoms with van der Waals surface area (Å²) in [5, 5.41) is 8.06. The van der Waals surface area contributed by atoms with E-state index in [1.54, 1.807) is 13.8 Å². The van der Waals surface area contributed by atoms with Gasteiger partial charge >= 0.3 is 0 Å². The predicted octanol–water partition coefficient (Wildman–Crippen LogP) is 1.62. The van der Waals surface area contributed by atoms with Gasteiger partial charge in [0.25, 0.3) is 0 Å². The molecule has 0 fully saturated rings. The van der Waals surface area contributed by atoms with E-state index in [0.717, 1.165) is 6.42 Å². The molecule has 0 heterocycles. The minimum atomic E-state index is -0.167. The average Bonchev–Trinajstić information content (AvgIpc) is 1.33. The molecule has 0 aromatic carbocycles. The van der Waals surface area contributed by atoms with Crippen molar-refractivity contribution >= 4 is 0 Å². The Labute approximate surface area is 46.4 Å². The molecule has 0 rings (SSSR count). The summed E-state index contributed by atoms with van der Waals surface area (Å²) < 4.78 is 0. The fraction of sp³-hybridized carbons (Fsp3) is 0.833. The molecule has 1 nitrogen and oxygen atoms in total. The molecule has 0 aliphatic heterocycles. The molecular weight excluding hydrogens is 88.1 g/mol. The van der Waals surface area contributed by atoms with Crippen LogP contribution in [0.5, 0.6) is 0 Å². The summed E-state index contributed by atoms with van der Waals surface area (Å²) in [5.74, 6) is 0. The van der Waals surface area contributed by atoms with Crippen LogP contribution in [0.2, 0.25) is 0 Å². The minimum absolute atomic E-state index is 0.167. The normalized spacial score (nSPS) is 7.71. The van der Waals surface area contributed by atoms with Crippen LogP contribution in [0.4, 0.5) is 0 Å². The van der Waals surface area contributed by atoms with Gasteiger partial charge in [0.2, 0.25) is 0 Å². The van der Waals surface area contributed by atoms with Crippen molar-refractivity contribution < 1.29 is 5.11 Å². The number of hydrogen-bond acceptors (Lipinski definition) is 1. The lowest BCUT2D eigenvalue weighted by molar-refractivity contribution is 0.216. The molecule has 0 amide bonds. The molecule has 7 heavy (non-hydrogen) atoms. The number of rotatable bonds is 0. The van der Waals surface area contributed by atoms with Crippen LogP contribution in [0.25, 0.3) is 0 Å². The first-order valence-electron chi connectivity index (χ1n) is 2.62. The Morgan fingerprint density at radius 2 is 1.57 bits per heavy atom. The van der Waals surface area contributed by atoms with Crippen molar-refractivity contribution in [1.29, 1.82) is 0 Å². The maximum atomic E-state index is 8.06. The largest absolute Gasteiger partial charge is 0.394 e. The molecular formula is C6H15O. The van der Waals surface area contributed by atoms with Gasteiger partial charge in [0.15, 0.2) is 0 Å². The molecule has 0 atom stereocenters. The first-order chi connectivity index (χ1) is 3.15. The fourth-order valence-corrected chi connectivity index (χ4v) is 0. The molecule has 0 saturated carbocycles. The zero-order valence-corrected chi connectivity index (χ0v) is 5.44. The summed E-state index contributed by atoms with van der Waals surface area (Å²) in [5.41, 5.74) is 0. The van der Waals surface area contributed by atoms with Gasteiger partial charge in [-0.05, 0) is 13.8 Å². The zero-order valence-electron chi connectivity index (χ0n) is 5.44. The van der Waals surface area contributed by atoms with Crippen molar-refractivity contribution in [1.82, 2.24) is 0 Å². The van der Waals surface area contributed by atoms with Crippen molar-refractivity contribution in [3.63, 3.8) is 0 Å². The Kier molecular flexibility index (Phi) is 13.4. The van der Waals surface area contributed by atoms with Crippen LogP contribution in [-0.2, 0) is 0 Å². The lowest BCUT2D eigenvalue weighted by Crippen LogP contribution is -1.85. The Hall–Kier alpha value is -0.0400. The van der Waals surface area contributed by atoms with Crippen molar-refractivity contribution in [2.75, 3.05) is 0 Å². The first kappa shape index (κ1) is 10.0. The lowest BCUT2D eigenvalue weighted by atomic mass is 10.5. The van der Waals surface area contributed by atoms with Crippen molar-refractivity contribution in [3.8, 4) is 0 Å². The summed E-state index contributed by atoms with van der Waals surface area (Å²) in [6, 6.07) is 0. The smallest absolute Gasteiger partial charge is 0.0483 e. The van der Waals surface area contributed by atoms with E-state index >= 15 is 0 Å². The van der Waals surface area contributed by atoms with Gasteiger partial charge in [0.05, 0.1) is 0 Å². The van der Waals surface area contributed by atoms with Crippen LogP contribution >= 0.6 is 0 Å². The highest BCUT2D eigenvalue weighted by molar-refractivity contribution is 4.20. The molecule has 0 aromatic rings. The van der Waals surface area contributed by atoms with Crippen LogP contribution in [0.1, 0.15) is 27.2 Å². The molecule has 1 radical (unpaired) electrons. The summed E-state index contributed by atoms with van der Waals surface area (Å²) in [7, 11) is 0. The van der Waals surface area contributed by atoms with Gasteiger partial charge in [0.1, 0.15) is 0 Å². The molecule has 0 unspecified atom stereocenters. The van der Waals surface area contributed by atoms with E-state index in [4.69, 9.17) is 5.11 Å². The minimum Gasteiger partial charge on any atom is -0.394 e. The number of aliphatic hydroxyl groups excluding tert-OH is 1. The lowest BCUT2D eigenvalue weighted by Gasteiger charge is -1.80. The third-order valence-corrected chi connectivity index (χ3v) is 0. The fourth-order valence-electron chi connectivity index (χ4n) is 0. The van der Waals surface area contributed by atoms with Gasteiger partial charge in [0, 0.05) is 6.10 Å². The standard InChI is InChI=1S/C3H8O.C3H7/c1-3(2)4;1-3-2/h3-4H,1-2H3;1,3H2,2H3. The van der Waals surface area contributed by atoms with E-state index in [1.807, 2.05) is 6.92 Å². The first-order valence-corrected chi connectivity index (χ1v) is 2.62. The van der Waals surface area contributed by atoms with Gasteiger partial charge < -0.3 is 5.11 Å². The Bertz CT molecular complexity index is 15.4. The Morgan fingerprint density at radius 3 is 1.57 bits per heavy atom. The third kappa shape index (κ3) is 58400. The molecule has 0 aliphatic rings. The highest BCUT2D eigenvalue weighted by Gasteiger charge is 1.69. The molecule has 0 bridgehead atoms. The molecule has 45 valence electrons. The molecule has 0 aliphatic carbocycles. The molecule has 0 aromatic heterocycles. The van der Waals surface area contributed by atoms with Gasteiger partial charge in [-0.3, -0.25) is 0 Å². The van der Waals surface area contributed by atoms with Gasteiger partial charge in [-0.2, -0.15) is 0 Å². The zero-order chi connectivity index (χ0) is 6.28. The highest BCUT2D eigenvalue weighted by Crippen LogP contribution is 1.65. The van der Waals surface area contributed by atoms with E-state index in [1.165, 1.54) is 0 Å². The van der Waals surface area contributed by atoms with E-state index in [0.29, 0.717) is 0 Å².